The lowest BCUT2D eigenvalue weighted by molar-refractivity contribution is -0.165. The van der Waals surface area contributed by atoms with Crippen molar-refractivity contribution in [3.63, 3.8) is 0 Å². The molecule has 1 N–H and O–H groups in total. The number of alkyl halides is 1. The van der Waals surface area contributed by atoms with Crippen molar-refractivity contribution < 1.29 is 28.5 Å². The van der Waals surface area contributed by atoms with Crippen LogP contribution in [0.25, 0.3) is 22.8 Å². The Bertz CT molecular complexity index is 1800. The van der Waals surface area contributed by atoms with E-state index in [9.17, 15) is 9.90 Å². The molecule has 3 aliphatic heterocycles. The molecule has 1 aromatic carbocycles. The Hall–Kier alpha value is -2.72. The molecule has 10 nitrogen and oxygen atoms in total. The van der Waals surface area contributed by atoms with Gasteiger partial charge in [-0.05, 0) is 101 Å². The number of aryl methyl sites for hydroxylation is 1. The normalized spacial score (nSPS) is 18.3. The zero-order valence-electron chi connectivity index (χ0n) is 31.2. The fraction of sp³-hybridized carbons (Fsp3) is 0.590. The maximum absolute atomic E-state index is 16.0. The van der Waals surface area contributed by atoms with Gasteiger partial charge in [0, 0.05) is 72.2 Å². The average molecular weight is 848 g/mol. The molecule has 0 saturated carbocycles. The summed E-state index contributed by atoms with van der Waals surface area (Å²) < 4.78 is 34.4. The Labute approximate surface area is 324 Å². The number of halogens is 2. The van der Waals surface area contributed by atoms with Gasteiger partial charge in [-0.25, -0.2) is 9.18 Å². The molecule has 0 radical (unpaired) electrons. The number of ether oxygens (including phenoxy) is 3. The fourth-order valence-electron chi connectivity index (χ4n) is 7.61. The molecule has 282 valence electrons. The van der Waals surface area contributed by atoms with Gasteiger partial charge >= 0.3 is 5.97 Å². The predicted molar refractivity (Wildman–Crippen MR) is 212 cm³/mol. The van der Waals surface area contributed by atoms with Gasteiger partial charge in [0.15, 0.2) is 17.7 Å². The largest absolute Gasteiger partial charge is 0.490 e. The third-order valence-corrected chi connectivity index (χ3v) is 13.0. The topological polar surface area (TPSA) is 110 Å². The van der Waals surface area contributed by atoms with Gasteiger partial charge in [0.05, 0.1) is 17.9 Å². The highest BCUT2D eigenvalue weighted by Crippen LogP contribution is 2.45. The third kappa shape index (κ3) is 8.03. The Kier molecular flexibility index (Phi) is 12.6. The highest BCUT2D eigenvalue weighted by atomic mass is 127. The molecule has 0 unspecified atom stereocenters. The van der Waals surface area contributed by atoms with Crippen molar-refractivity contribution in [3.05, 3.63) is 50.5 Å². The van der Waals surface area contributed by atoms with Gasteiger partial charge in [-0.15, -0.1) is 10.2 Å². The van der Waals surface area contributed by atoms with E-state index in [1.54, 1.807) is 11.3 Å². The lowest BCUT2D eigenvalue weighted by atomic mass is 9.84. The average Bonchev–Trinajstić information content (AvgIpc) is 3.67. The molecule has 3 aromatic rings. The van der Waals surface area contributed by atoms with E-state index >= 15 is 4.39 Å². The lowest BCUT2D eigenvalue weighted by Gasteiger charge is -2.40. The van der Waals surface area contributed by atoms with E-state index in [0.29, 0.717) is 70.0 Å². The molecular weight excluding hydrogens is 796 g/mol. The van der Waals surface area contributed by atoms with Crippen molar-refractivity contribution in [1.82, 2.24) is 20.1 Å². The van der Waals surface area contributed by atoms with Crippen LogP contribution in [0.15, 0.2) is 6.07 Å². The van der Waals surface area contributed by atoms with E-state index in [1.807, 2.05) is 47.6 Å². The number of anilines is 1. The van der Waals surface area contributed by atoms with Crippen LogP contribution in [-0.2, 0) is 25.1 Å². The molecule has 2 fully saturated rings. The Morgan fingerprint density at radius 1 is 1.17 bits per heavy atom. The summed E-state index contributed by atoms with van der Waals surface area (Å²) in [5.41, 5.74) is 5.59. The van der Waals surface area contributed by atoms with Crippen LogP contribution in [0.3, 0.4) is 0 Å². The van der Waals surface area contributed by atoms with Crippen LogP contribution in [0, 0.1) is 19.7 Å². The maximum Gasteiger partial charge on any atom is 0.337 e. The predicted octanol–water partition coefficient (Wildman–Crippen LogP) is 8.20. The van der Waals surface area contributed by atoms with E-state index in [2.05, 4.69) is 42.6 Å². The number of aromatic nitrogens is 3. The summed E-state index contributed by atoms with van der Waals surface area (Å²) in [5.74, 6) is -1.28. The minimum atomic E-state index is -1.33. The minimum absolute atomic E-state index is 0.285. The first kappa shape index (κ1) is 39.0. The molecular formula is C39H51FIN5O5S. The highest BCUT2D eigenvalue weighted by molar-refractivity contribution is 14.1. The van der Waals surface area contributed by atoms with Crippen LogP contribution in [0.5, 0.6) is 5.75 Å². The second-order valence-electron chi connectivity index (χ2n) is 14.3. The molecule has 0 spiro atoms. The van der Waals surface area contributed by atoms with Crippen molar-refractivity contribution in [3.8, 4) is 16.9 Å². The summed E-state index contributed by atoms with van der Waals surface area (Å²) in [6.45, 7) is 17.7. The molecule has 0 aliphatic carbocycles. The van der Waals surface area contributed by atoms with Crippen molar-refractivity contribution in [2.45, 2.75) is 102 Å². The summed E-state index contributed by atoms with van der Waals surface area (Å²) in [6.07, 6.45) is 5.57. The van der Waals surface area contributed by atoms with Crippen molar-refractivity contribution in [2.75, 3.05) is 50.9 Å². The molecule has 0 amide bonds. The van der Waals surface area contributed by atoms with Crippen LogP contribution >= 0.6 is 33.9 Å². The molecule has 3 aliphatic rings. The van der Waals surface area contributed by atoms with E-state index in [1.165, 1.54) is 6.07 Å². The summed E-state index contributed by atoms with van der Waals surface area (Å²) in [7, 11) is 0. The molecule has 1 atom stereocenters. The number of carbonyl (C=O) groups is 1. The number of benzene rings is 1. The van der Waals surface area contributed by atoms with E-state index in [0.717, 1.165) is 85.5 Å². The highest BCUT2D eigenvalue weighted by Gasteiger charge is 2.37. The SMILES string of the molecule is CCC(C)(CC)O[C@H](C(=O)O)c1c(CI)nc(C)c(/C=C(\C)c2nnc(N3CCN(C4CCOCC4)CC3)s2)c1-c1cc(F)c2c(c1C)CCCO2. The van der Waals surface area contributed by atoms with Crippen molar-refractivity contribution in [1.29, 1.82) is 0 Å². The maximum atomic E-state index is 16.0. The number of nitrogens with zero attached hydrogens (tertiary/aromatic N) is 5. The molecule has 2 aromatic heterocycles. The smallest absolute Gasteiger partial charge is 0.337 e. The summed E-state index contributed by atoms with van der Waals surface area (Å²) >= 11 is 3.78. The number of allylic oxidation sites excluding steroid dienone is 1. The van der Waals surface area contributed by atoms with E-state index in [4.69, 9.17) is 19.2 Å². The summed E-state index contributed by atoms with van der Waals surface area (Å²) in [4.78, 5) is 23.1. The Morgan fingerprint density at radius 3 is 2.54 bits per heavy atom. The molecule has 0 bridgehead atoms. The van der Waals surface area contributed by atoms with Gasteiger partial charge in [-0.3, -0.25) is 9.88 Å². The quantitative estimate of drug-likeness (QED) is 0.142. The second kappa shape index (κ2) is 16.7. The van der Waals surface area contributed by atoms with Crippen molar-refractivity contribution >= 4 is 56.7 Å². The minimum Gasteiger partial charge on any atom is -0.490 e. The van der Waals surface area contributed by atoms with E-state index < -0.39 is 23.5 Å². The number of pyridine rings is 1. The first-order valence-electron chi connectivity index (χ1n) is 18.5. The van der Waals surface area contributed by atoms with Crippen LogP contribution in [-0.4, -0.2) is 88.8 Å². The molecule has 5 heterocycles. The first-order chi connectivity index (χ1) is 25.0. The summed E-state index contributed by atoms with van der Waals surface area (Å²) in [6, 6.07) is 2.09. The van der Waals surface area contributed by atoms with Gasteiger partial charge in [0.25, 0.3) is 0 Å². The first-order valence-corrected chi connectivity index (χ1v) is 20.9. The standard InChI is InChI=1S/C39H51FIN5O5S/c1-7-39(6,8-2)51-35(37(47)48)33-31(22-41)42-25(5)29(32(33)28-21-30(40)34-27(24(28)4)10-9-17-50-34)20-23(3)36-43-44-38(52-36)46-15-13-45(14-16-46)26-11-18-49-19-12-26/h20-21,26,35H,7-19,22H2,1-6H3,(H,47,48)/b23-20+/t35-/m0/s1. The molecule has 13 heteroatoms. The zero-order chi connectivity index (χ0) is 37.2. The van der Waals surface area contributed by atoms with Gasteiger partial charge in [0.1, 0.15) is 5.01 Å². The number of fused-ring (bicyclic) bond motifs is 1. The monoisotopic (exact) mass is 847 g/mol. The third-order valence-electron chi connectivity index (χ3n) is 11.2. The van der Waals surface area contributed by atoms with Gasteiger partial charge in [-0.1, -0.05) is 47.8 Å². The summed E-state index contributed by atoms with van der Waals surface area (Å²) in [5, 5.41) is 21.7. The zero-order valence-corrected chi connectivity index (χ0v) is 34.2. The molecule has 52 heavy (non-hydrogen) atoms. The molecule has 6 rings (SSSR count). The lowest BCUT2D eigenvalue weighted by Crippen LogP contribution is -2.51. The van der Waals surface area contributed by atoms with Crippen LogP contribution in [0.2, 0.25) is 0 Å². The number of hydrogen-bond acceptors (Lipinski definition) is 10. The number of rotatable bonds is 12. The van der Waals surface area contributed by atoms with Crippen molar-refractivity contribution in [2.24, 2.45) is 0 Å². The number of piperazine rings is 1. The number of carboxylic acid groups (broad SMARTS) is 1. The second-order valence-corrected chi connectivity index (χ2v) is 16.1. The van der Waals surface area contributed by atoms with Gasteiger partial charge < -0.3 is 24.2 Å². The fourth-order valence-corrected chi connectivity index (χ4v) is 9.05. The van der Waals surface area contributed by atoms with E-state index in [-0.39, 0.29) is 5.75 Å². The van der Waals surface area contributed by atoms with Gasteiger partial charge in [0.2, 0.25) is 5.13 Å². The Balaban J connectivity index is 1.45. The number of aliphatic carboxylic acids is 1. The van der Waals surface area contributed by atoms with Crippen LogP contribution in [0.4, 0.5) is 9.52 Å². The van der Waals surface area contributed by atoms with Gasteiger partial charge in [-0.2, -0.15) is 0 Å². The number of carboxylic acids is 1. The van der Waals surface area contributed by atoms with Crippen LogP contribution < -0.4 is 9.64 Å². The van der Waals surface area contributed by atoms with Crippen LogP contribution in [0.1, 0.15) is 105 Å². The molecule has 2 saturated heterocycles. The Morgan fingerprint density at radius 2 is 1.88 bits per heavy atom. The number of hydrogen-bond donors (Lipinski definition) is 1.